The Labute approximate surface area is 129 Å². The van der Waals surface area contributed by atoms with E-state index in [1.165, 1.54) is 18.3 Å². The van der Waals surface area contributed by atoms with Crippen molar-refractivity contribution in [2.24, 2.45) is 0 Å². The normalized spacial score (nSPS) is 23.1. The first-order chi connectivity index (χ1) is 9.88. The van der Waals surface area contributed by atoms with Crippen LogP contribution in [0.4, 0.5) is 0 Å². The SMILES string of the molecule is CC(=O)NCc1ccc(C(=O)N2CC(C)N(C)CC2C)s1. The number of nitrogens with one attached hydrogen (secondary N) is 1. The van der Waals surface area contributed by atoms with Gasteiger partial charge >= 0.3 is 0 Å². The minimum Gasteiger partial charge on any atom is -0.351 e. The fourth-order valence-corrected chi connectivity index (χ4v) is 3.43. The van der Waals surface area contributed by atoms with Gasteiger partial charge in [0.2, 0.25) is 5.91 Å². The number of carbonyl (C=O) groups excluding carboxylic acids is 2. The van der Waals surface area contributed by atoms with Gasteiger partial charge < -0.3 is 10.2 Å². The first-order valence-corrected chi connectivity index (χ1v) is 8.04. The van der Waals surface area contributed by atoms with Gasteiger partial charge in [0.05, 0.1) is 11.4 Å². The van der Waals surface area contributed by atoms with Crippen LogP contribution in [0.25, 0.3) is 0 Å². The van der Waals surface area contributed by atoms with Gasteiger partial charge in [0, 0.05) is 37.0 Å². The second kappa shape index (κ2) is 6.58. The number of hydrogen-bond acceptors (Lipinski definition) is 4. The number of piperazine rings is 1. The molecule has 2 heterocycles. The van der Waals surface area contributed by atoms with E-state index in [0.29, 0.717) is 12.6 Å². The zero-order chi connectivity index (χ0) is 15.6. The summed E-state index contributed by atoms with van der Waals surface area (Å²) in [5.74, 6) is 0.0410. The monoisotopic (exact) mass is 309 g/mol. The molecule has 6 heteroatoms. The number of thiophene rings is 1. The van der Waals surface area contributed by atoms with Gasteiger partial charge in [0.15, 0.2) is 0 Å². The van der Waals surface area contributed by atoms with Gasteiger partial charge in [-0.3, -0.25) is 14.5 Å². The van der Waals surface area contributed by atoms with Crippen LogP contribution in [0.5, 0.6) is 0 Å². The van der Waals surface area contributed by atoms with Crippen molar-refractivity contribution in [2.45, 2.75) is 39.4 Å². The molecule has 21 heavy (non-hydrogen) atoms. The molecule has 0 aliphatic carbocycles. The van der Waals surface area contributed by atoms with Crippen molar-refractivity contribution in [3.8, 4) is 0 Å². The lowest BCUT2D eigenvalue weighted by molar-refractivity contribution is -0.119. The molecule has 2 unspecified atom stereocenters. The summed E-state index contributed by atoms with van der Waals surface area (Å²) in [6.07, 6.45) is 0. The third kappa shape index (κ3) is 3.83. The molecule has 0 aromatic carbocycles. The Bertz CT molecular complexity index is 529. The summed E-state index contributed by atoms with van der Waals surface area (Å²) in [7, 11) is 2.10. The quantitative estimate of drug-likeness (QED) is 0.922. The van der Waals surface area contributed by atoms with E-state index in [-0.39, 0.29) is 17.9 Å². The third-order valence-electron chi connectivity index (χ3n) is 3.94. The van der Waals surface area contributed by atoms with Crippen LogP contribution in [0, 0.1) is 0 Å². The summed E-state index contributed by atoms with van der Waals surface area (Å²) in [5, 5.41) is 2.76. The molecular formula is C15H23N3O2S. The van der Waals surface area contributed by atoms with Crippen molar-refractivity contribution in [3.63, 3.8) is 0 Å². The Morgan fingerprint density at radius 2 is 2.00 bits per heavy atom. The molecule has 116 valence electrons. The molecule has 1 aromatic rings. The highest BCUT2D eigenvalue weighted by Crippen LogP contribution is 2.22. The van der Waals surface area contributed by atoms with Crippen molar-refractivity contribution >= 4 is 23.2 Å². The van der Waals surface area contributed by atoms with Gasteiger partial charge in [0.25, 0.3) is 5.91 Å². The molecule has 1 aliphatic heterocycles. The maximum Gasteiger partial charge on any atom is 0.264 e. The molecule has 1 saturated heterocycles. The minimum atomic E-state index is -0.0576. The highest BCUT2D eigenvalue weighted by Gasteiger charge is 2.31. The first kappa shape index (κ1) is 16.0. The zero-order valence-electron chi connectivity index (χ0n) is 13.0. The Kier molecular flexibility index (Phi) is 5.00. The molecule has 2 amide bonds. The first-order valence-electron chi connectivity index (χ1n) is 7.23. The second-order valence-corrected chi connectivity index (χ2v) is 6.94. The topological polar surface area (TPSA) is 52.7 Å². The third-order valence-corrected chi connectivity index (χ3v) is 5.02. The molecule has 2 atom stereocenters. The molecule has 2 rings (SSSR count). The fraction of sp³-hybridized carbons (Fsp3) is 0.600. The van der Waals surface area contributed by atoms with Gasteiger partial charge in [-0.05, 0) is 33.0 Å². The van der Waals surface area contributed by atoms with Crippen molar-refractivity contribution in [1.29, 1.82) is 0 Å². The van der Waals surface area contributed by atoms with E-state index in [2.05, 4.69) is 31.1 Å². The second-order valence-electron chi connectivity index (χ2n) is 5.77. The highest BCUT2D eigenvalue weighted by atomic mass is 32.1. The predicted molar refractivity (Wildman–Crippen MR) is 84.4 cm³/mol. The average molecular weight is 309 g/mol. The van der Waals surface area contributed by atoms with Crippen LogP contribution < -0.4 is 5.32 Å². The van der Waals surface area contributed by atoms with E-state index in [4.69, 9.17) is 0 Å². The van der Waals surface area contributed by atoms with Gasteiger partial charge in [-0.25, -0.2) is 0 Å². The summed E-state index contributed by atoms with van der Waals surface area (Å²) in [6.45, 7) is 7.87. The fourth-order valence-electron chi connectivity index (χ4n) is 2.52. The Morgan fingerprint density at radius 1 is 1.29 bits per heavy atom. The summed E-state index contributed by atoms with van der Waals surface area (Å²) in [5.41, 5.74) is 0. The lowest BCUT2D eigenvalue weighted by Crippen LogP contribution is -2.56. The maximum atomic E-state index is 12.6. The smallest absolute Gasteiger partial charge is 0.264 e. The average Bonchev–Trinajstić information content (AvgIpc) is 2.88. The van der Waals surface area contributed by atoms with Gasteiger partial charge in [-0.1, -0.05) is 0 Å². The minimum absolute atomic E-state index is 0.0576. The number of hydrogen-bond donors (Lipinski definition) is 1. The van der Waals surface area contributed by atoms with Gasteiger partial charge in [-0.15, -0.1) is 11.3 Å². The van der Waals surface area contributed by atoms with E-state index in [1.54, 1.807) is 0 Å². The van der Waals surface area contributed by atoms with Crippen molar-refractivity contribution in [1.82, 2.24) is 15.1 Å². The molecule has 0 bridgehead atoms. The van der Waals surface area contributed by atoms with Gasteiger partial charge in [0.1, 0.15) is 0 Å². The largest absolute Gasteiger partial charge is 0.351 e. The predicted octanol–water partition coefficient (Wildman–Crippen LogP) is 1.55. The molecular weight excluding hydrogens is 286 g/mol. The maximum absolute atomic E-state index is 12.6. The molecule has 0 spiro atoms. The van der Waals surface area contributed by atoms with Crippen LogP contribution in [0.15, 0.2) is 12.1 Å². The van der Waals surface area contributed by atoms with E-state index in [9.17, 15) is 9.59 Å². The molecule has 1 aromatic heterocycles. The van der Waals surface area contributed by atoms with Crippen LogP contribution in [0.1, 0.15) is 35.3 Å². The van der Waals surface area contributed by atoms with Crippen LogP contribution in [-0.4, -0.2) is 53.8 Å². The highest BCUT2D eigenvalue weighted by molar-refractivity contribution is 7.14. The zero-order valence-corrected chi connectivity index (χ0v) is 13.9. The van der Waals surface area contributed by atoms with Crippen LogP contribution in [0.3, 0.4) is 0 Å². The summed E-state index contributed by atoms with van der Waals surface area (Å²) >= 11 is 1.46. The Balaban J connectivity index is 2.04. The van der Waals surface area contributed by atoms with E-state index >= 15 is 0 Å². The Morgan fingerprint density at radius 3 is 2.67 bits per heavy atom. The van der Waals surface area contributed by atoms with Crippen molar-refractivity contribution < 1.29 is 9.59 Å². The number of rotatable bonds is 3. The number of likely N-dealkylation sites (N-methyl/N-ethyl adjacent to an activating group) is 1. The van der Waals surface area contributed by atoms with E-state index < -0.39 is 0 Å². The molecule has 0 saturated carbocycles. The number of amides is 2. The summed E-state index contributed by atoms with van der Waals surface area (Å²) in [4.78, 5) is 29.6. The summed E-state index contributed by atoms with van der Waals surface area (Å²) < 4.78 is 0. The molecule has 1 fully saturated rings. The molecule has 0 radical (unpaired) electrons. The standard InChI is InChI=1S/C15H23N3O2S/c1-10-9-18(11(2)8-17(10)4)15(20)14-6-5-13(21-14)7-16-12(3)19/h5-6,10-11H,7-9H2,1-4H3,(H,16,19). The van der Waals surface area contributed by atoms with Crippen LogP contribution in [0.2, 0.25) is 0 Å². The molecule has 1 aliphatic rings. The van der Waals surface area contributed by atoms with Gasteiger partial charge in [-0.2, -0.15) is 0 Å². The Hall–Kier alpha value is -1.40. The lowest BCUT2D eigenvalue weighted by atomic mass is 10.1. The lowest BCUT2D eigenvalue weighted by Gasteiger charge is -2.42. The molecule has 5 nitrogen and oxygen atoms in total. The van der Waals surface area contributed by atoms with E-state index in [0.717, 1.165) is 22.8 Å². The number of nitrogens with zero attached hydrogens (tertiary/aromatic N) is 2. The van der Waals surface area contributed by atoms with Crippen molar-refractivity contribution in [2.75, 3.05) is 20.1 Å². The summed E-state index contributed by atoms with van der Waals surface area (Å²) in [6, 6.07) is 4.38. The number of carbonyl (C=O) groups is 2. The molecule has 1 N–H and O–H groups in total. The van der Waals surface area contributed by atoms with Crippen LogP contribution >= 0.6 is 11.3 Å². The van der Waals surface area contributed by atoms with E-state index in [1.807, 2.05) is 17.0 Å². The van der Waals surface area contributed by atoms with Crippen molar-refractivity contribution in [3.05, 3.63) is 21.9 Å². The van der Waals surface area contributed by atoms with Crippen LogP contribution in [-0.2, 0) is 11.3 Å².